The fraction of sp³-hybridized carbons (Fsp3) is 0.176. The molecular formula is C17H14BrN5O2. The predicted molar refractivity (Wildman–Crippen MR) is 97.1 cm³/mol. The average molecular weight is 400 g/mol. The molecule has 1 aromatic carbocycles. The van der Waals surface area contributed by atoms with E-state index in [1.807, 2.05) is 18.2 Å². The first kappa shape index (κ1) is 15.8. The van der Waals surface area contributed by atoms with E-state index in [2.05, 4.69) is 36.4 Å². The van der Waals surface area contributed by atoms with Crippen molar-refractivity contribution in [2.24, 2.45) is 5.92 Å². The lowest BCUT2D eigenvalue weighted by atomic mass is 10.1. The molecule has 0 bridgehead atoms. The largest absolute Gasteiger partial charge is 0.310 e. The number of hydrogen-bond acceptors (Lipinski definition) is 4. The van der Waals surface area contributed by atoms with Crippen molar-refractivity contribution < 1.29 is 9.59 Å². The number of aromatic nitrogens is 3. The number of hydrogen-bond donors (Lipinski definition) is 2. The highest BCUT2D eigenvalue weighted by molar-refractivity contribution is 9.10. The second kappa shape index (κ2) is 6.29. The Morgan fingerprint density at radius 3 is 3.00 bits per heavy atom. The number of nitrogens with zero attached hydrogens (tertiary/aromatic N) is 3. The first-order valence-electron chi connectivity index (χ1n) is 7.78. The Balaban J connectivity index is 1.54. The molecular weight excluding hydrogens is 386 g/mol. The van der Waals surface area contributed by atoms with E-state index in [1.165, 1.54) is 0 Å². The van der Waals surface area contributed by atoms with Crippen molar-refractivity contribution in [3.05, 3.63) is 47.1 Å². The van der Waals surface area contributed by atoms with E-state index in [0.717, 1.165) is 15.4 Å². The van der Waals surface area contributed by atoms with Gasteiger partial charge in [0.15, 0.2) is 5.82 Å². The first-order chi connectivity index (χ1) is 12.1. The summed E-state index contributed by atoms with van der Waals surface area (Å²) in [7, 11) is 0. The van der Waals surface area contributed by atoms with Gasteiger partial charge in [0.25, 0.3) is 0 Å². The molecule has 2 amide bonds. The number of aromatic amines is 1. The molecule has 2 N–H and O–H groups in total. The third-order valence-electron chi connectivity index (χ3n) is 4.17. The molecule has 1 saturated heterocycles. The predicted octanol–water partition coefficient (Wildman–Crippen LogP) is 2.71. The molecule has 1 unspecified atom stereocenters. The summed E-state index contributed by atoms with van der Waals surface area (Å²) in [5.74, 6) is 0.278. The van der Waals surface area contributed by atoms with Gasteiger partial charge in [0.1, 0.15) is 5.82 Å². The zero-order chi connectivity index (χ0) is 17.4. The zero-order valence-corrected chi connectivity index (χ0v) is 14.7. The van der Waals surface area contributed by atoms with Crippen LogP contribution in [0.1, 0.15) is 6.42 Å². The van der Waals surface area contributed by atoms with E-state index < -0.39 is 5.92 Å². The molecule has 3 heterocycles. The lowest BCUT2D eigenvalue weighted by molar-refractivity contribution is -0.122. The molecule has 0 spiro atoms. The number of carbonyl (C=O) groups excluding carboxylic acids is 2. The Morgan fingerprint density at radius 1 is 1.32 bits per heavy atom. The minimum Gasteiger partial charge on any atom is -0.310 e. The molecule has 4 rings (SSSR count). The molecule has 8 heteroatoms. The van der Waals surface area contributed by atoms with Crippen LogP contribution in [-0.4, -0.2) is 33.5 Å². The van der Waals surface area contributed by atoms with Crippen LogP contribution in [0.3, 0.4) is 0 Å². The maximum atomic E-state index is 12.4. The maximum Gasteiger partial charge on any atom is 0.230 e. The van der Waals surface area contributed by atoms with Crippen molar-refractivity contribution in [2.45, 2.75) is 6.42 Å². The summed E-state index contributed by atoms with van der Waals surface area (Å²) in [6, 6.07) is 11.0. The highest BCUT2D eigenvalue weighted by Gasteiger charge is 2.37. The highest BCUT2D eigenvalue weighted by atomic mass is 79.9. The molecule has 1 atom stereocenters. The van der Waals surface area contributed by atoms with Gasteiger partial charge in [-0.05, 0) is 30.3 Å². The minimum absolute atomic E-state index is 0.113. The van der Waals surface area contributed by atoms with Crippen LogP contribution in [0.15, 0.2) is 47.1 Å². The van der Waals surface area contributed by atoms with Crippen LogP contribution in [0.25, 0.3) is 10.9 Å². The molecule has 1 aliphatic rings. The molecule has 0 radical (unpaired) electrons. The fourth-order valence-electron chi connectivity index (χ4n) is 2.94. The van der Waals surface area contributed by atoms with Gasteiger partial charge in [0.05, 0.1) is 11.4 Å². The summed E-state index contributed by atoms with van der Waals surface area (Å²) in [5, 5.41) is 10.8. The Bertz CT molecular complexity index is 956. The Morgan fingerprint density at radius 2 is 2.20 bits per heavy atom. The van der Waals surface area contributed by atoms with Crippen molar-refractivity contribution in [1.82, 2.24) is 15.2 Å². The summed E-state index contributed by atoms with van der Waals surface area (Å²) < 4.78 is 0.926. The van der Waals surface area contributed by atoms with E-state index in [0.29, 0.717) is 18.2 Å². The molecule has 0 aliphatic carbocycles. The zero-order valence-electron chi connectivity index (χ0n) is 13.1. The number of amides is 2. The quantitative estimate of drug-likeness (QED) is 0.708. The average Bonchev–Trinajstić information content (AvgIpc) is 3.18. The van der Waals surface area contributed by atoms with Crippen LogP contribution in [0, 0.1) is 5.92 Å². The minimum atomic E-state index is -0.434. The Kier molecular flexibility index (Phi) is 3.96. The fourth-order valence-corrected chi connectivity index (χ4v) is 3.30. The smallest absolute Gasteiger partial charge is 0.230 e. The van der Waals surface area contributed by atoms with Gasteiger partial charge in [0.2, 0.25) is 11.8 Å². The van der Waals surface area contributed by atoms with Gasteiger partial charge in [-0.2, -0.15) is 5.10 Å². The number of nitrogens with one attached hydrogen (secondary N) is 2. The van der Waals surface area contributed by atoms with Crippen LogP contribution in [0.4, 0.5) is 11.6 Å². The number of benzene rings is 1. The van der Waals surface area contributed by atoms with Crippen LogP contribution < -0.4 is 10.2 Å². The van der Waals surface area contributed by atoms with E-state index in [9.17, 15) is 9.59 Å². The summed E-state index contributed by atoms with van der Waals surface area (Å²) in [4.78, 5) is 30.5. The van der Waals surface area contributed by atoms with Gasteiger partial charge in [-0.3, -0.25) is 19.6 Å². The Hall–Kier alpha value is -2.74. The SMILES string of the molecule is O=C(Nc1ccccn1)C1CC(=O)N(c2n[nH]c3cc(Br)ccc23)C1. The van der Waals surface area contributed by atoms with Crippen LogP contribution in [-0.2, 0) is 9.59 Å². The van der Waals surface area contributed by atoms with Crippen LogP contribution >= 0.6 is 15.9 Å². The van der Waals surface area contributed by atoms with Gasteiger partial charge in [0, 0.05) is 29.0 Å². The van der Waals surface area contributed by atoms with Gasteiger partial charge >= 0.3 is 0 Å². The third kappa shape index (κ3) is 3.00. The van der Waals surface area contributed by atoms with Crippen LogP contribution in [0.2, 0.25) is 0 Å². The molecule has 1 aliphatic heterocycles. The number of fused-ring (bicyclic) bond motifs is 1. The summed E-state index contributed by atoms with van der Waals surface area (Å²) in [6.45, 7) is 0.299. The molecule has 25 heavy (non-hydrogen) atoms. The maximum absolute atomic E-state index is 12.4. The van der Waals surface area contributed by atoms with Crippen molar-refractivity contribution in [1.29, 1.82) is 0 Å². The standard InChI is InChI=1S/C17H14BrN5O2/c18-11-4-5-12-13(8-11)21-22-16(12)23-9-10(7-15(23)24)17(25)20-14-3-1-2-6-19-14/h1-6,8,10H,7,9H2,(H,21,22)(H,19,20,25). The number of carbonyl (C=O) groups is 2. The van der Waals surface area contributed by atoms with Crippen molar-refractivity contribution >= 4 is 50.3 Å². The number of pyridine rings is 1. The van der Waals surface area contributed by atoms with E-state index in [4.69, 9.17) is 0 Å². The normalized spacial score (nSPS) is 17.2. The van der Waals surface area contributed by atoms with Gasteiger partial charge in [-0.1, -0.05) is 22.0 Å². The van der Waals surface area contributed by atoms with Gasteiger partial charge in [-0.25, -0.2) is 4.98 Å². The number of rotatable bonds is 3. The molecule has 0 saturated carbocycles. The van der Waals surface area contributed by atoms with Crippen LogP contribution in [0.5, 0.6) is 0 Å². The molecule has 3 aromatic rings. The molecule has 7 nitrogen and oxygen atoms in total. The molecule has 2 aromatic heterocycles. The topological polar surface area (TPSA) is 91.0 Å². The Labute approximate surface area is 151 Å². The number of halogens is 1. The second-order valence-electron chi connectivity index (χ2n) is 5.85. The van der Waals surface area contributed by atoms with Gasteiger partial charge < -0.3 is 5.32 Å². The summed E-state index contributed by atoms with van der Waals surface area (Å²) >= 11 is 3.41. The van der Waals surface area contributed by atoms with E-state index >= 15 is 0 Å². The van der Waals surface area contributed by atoms with Gasteiger partial charge in [-0.15, -0.1) is 0 Å². The number of H-pyrrole nitrogens is 1. The van der Waals surface area contributed by atoms with E-state index in [1.54, 1.807) is 29.3 Å². The van der Waals surface area contributed by atoms with E-state index in [-0.39, 0.29) is 18.2 Å². The monoisotopic (exact) mass is 399 g/mol. The van der Waals surface area contributed by atoms with Crippen molar-refractivity contribution in [3.63, 3.8) is 0 Å². The number of anilines is 2. The van der Waals surface area contributed by atoms with Crippen molar-refractivity contribution in [2.75, 3.05) is 16.8 Å². The lowest BCUT2D eigenvalue weighted by Gasteiger charge is -2.14. The summed E-state index contributed by atoms with van der Waals surface area (Å²) in [6.07, 6.45) is 1.76. The lowest BCUT2D eigenvalue weighted by Crippen LogP contribution is -2.28. The first-order valence-corrected chi connectivity index (χ1v) is 8.57. The second-order valence-corrected chi connectivity index (χ2v) is 6.76. The molecule has 1 fully saturated rings. The molecule has 126 valence electrons. The van der Waals surface area contributed by atoms with Crippen molar-refractivity contribution in [3.8, 4) is 0 Å². The third-order valence-corrected chi connectivity index (χ3v) is 4.67. The highest BCUT2D eigenvalue weighted by Crippen LogP contribution is 2.31. The summed E-state index contributed by atoms with van der Waals surface area (Å²) in [5.41, 5.74) is 0.832.